The van der Waals surface area contributed by atoms with Gasteiger partial charge in [-0.1, -0.05) is 41.4 Å². The molecule has 1 N–H and O–H groups in total. The molecule has 0 aliphatic carbocycles. The Balaban J connectivity index is 1.67. The van der Waals surface area contributed by atoms with E-state index in [1.807, 2.05) is 6.07 Å². The fourth-order valence-corrected chi connectivity index (χ4v) is 2.75. The first-order chi connectivity index (χ1) is 11.5. The molecular formula is C17H13Cl2NO4. The first kappa shape index (κ1) is 16.8. The number of carbonyl (C=O) groups is 2. The number of amides is 2. The van der Waals surface area contributed by atoms with Crippen LogP contribution < -0.4 is 4.74 Å². The predicted octanol–water partition coefficient (Wildman–Crippen LogP) is 3.03. The van der Waals surface area contributed by atoms with Crippen molar-refractivity contribution in [2.75, 3.05) is 13.2 Å². The first-order valence-electron chi connectivity index (χ1n) is 7.18. The molecule has 0 saturated carbocycles. The van der Waals surface area contributed by atoms with Crippen molar-refractivity contribution in [3.05, 3.63) is 63.6 Å². The van der Waals surface area contributed by atoms with E-state index in [-0.39, 0.29) is 34.3 Å². The maximum absolute atomic E-state index is 12.3. The zero-order valence-corrected chi connectivity index (χ0v) is 13.9. The second-order valence-electron chi connectivity index (χ2n) is 5.31. The van der Waals surface area contributed by atoms with Gasteiger partial charge in [0.2, 0.25) is 0 Å². The van der Waals surface area contributed by atoms with E-state index in [4.69, 9.17) is 27.9 Å². The summed E-state index contributed by atoms with van der Waals surface area (Å²) in [6.45, 7) is -0.215. The number of rotatable bonds is 5. The number of carbonyl (C=O) groups excluding carboxylic acids is 2. The molecule has 1 heterocycles. The number of halogens is 2. The number of hydrogen-bond donors (Lipinski definition) is 1. The van der Waals surface area contributed by atoms with Gasteiger partial charge in [-0.15, -0.1) is 0 Å². The molecule has 124 valence electrons. The van der Waals surface area contributed by atoms with E-state index in [0.717, 1.165) is 4.90 Å². The van der Waals surface area contributed by atoms with Crippen molar-refractivity contribution >= 4 is 35.0 Å². The van der Waals surface area contributed by atoms with Crippen LogP contribution in [-0.2, 0) is 0 Å². The molecule has 2 aromatic rings. The van der Waals surface area contributed by atoms with E-state index in [2.05, 4.69) is 0 Å². The lowest BCUT2D eigenvalue weighted by Gasteiger charge is -2.18. The van der Waals surface area contributed by atoms with E-state index in [1.54, 1.807) is 24.3 Å². The summed E-state index contributed by atoms with van der Waals surface area (Å²) >= 11 is 11.8. The van der Waals surface area contributed by atoms with Crippen molar-refractivity contribution < 1.29 is 19.4 Å². The molecular weight excluding hydrogens is 353 g/mol. The lowest BCUT2D eigenvalue weighted by molar-refractivity contribution is 0.0457. The van der Waals surface area contributed by atoms with Gasteiger partial charge in [0.15, 0.2) is 0 Å². The van der Waals surface area contributed by atoms with E-state index in [0.29, 0.717) is 5.75 Å². The molecule has 7 heteroatoms. The molecule has 3 rings (SSSR count). The molecule has 0 aromatic heterocycles. The fourth-order valence-electron chi connectivity index (χ4n) is 2.42. The standard InChI is InChI=1S/C17H13Cl2NO4/c18-14-6-12-13(7-15(14)19)17(23)20(16(12)22)8-10(21)9-24-11-4-2-1-3-5-11/h1-7,10,21H,8-9H2/t10-/m1/s1. The van der Waals surface area contributed by atoms with Crippen LogP contribution in [0.1, 0.15) is 20.7 Å². The summed E-state index contributed by atoms with van der Waals surface area (Å²) < 4.78 is 5.42. The van der Waals surface area contributed by atoms with E-state index in [9.17, 15) is 14.7 Å². The highest BCUT2D eigenvalue weighted by atomic mass is 35.5. The van der Waals surface area contributed by atoms with Gasteiger partial charge in [0.1, 0.15) is 18.5 Å². The Bertz CT molecular complexity index is 754. The molecule has 0 unspecified atom stereocenters. The van der Waals surface area contributed by atoms with Crippen molar-refractivity contribution in [2.24, 2.45) is 0 Å². The van der Waals surface area contributed by atoms with Crippen LogP contribution in [0.4, 0.5) is 0 Å². The maximum atomic E-state index is 12.3. The number of aliphatic hydroxyl groups is 1. The third kappa shape index (κ3) is 3.24. The summed E-state index contributed by atoms with van der Waals surface area (Å²) in [4.78, 5) is 25.6. The number of para-hydroxylation sites is 1. The van der Waals surface area contributed by atoms with Crippen LogP contribution in [-0.4, -0.2) is 41.1 Å². The molecule has 2 amide bonds. The summed E-state index contributed by atoms with van der Waals surface area (Å²) in [5, 5.41) is 10.5. The Labute approximate surface area is 148 Å². The monoisotopic (exact) mass is 365 g/mol. The van der Waals surface area contributed by atoms with Crippen molar-refractivity contribution in [1.29, 1.82) is 0 Å². The Morgan fingerprint density at radius 3 is 2.08 bits per heavy atom. The zero-order chi connectivity index (χ0) is 17.3. The molecule has 0 saturated heterocycles. The van der Waals surface area contributed by atoms with Gasteiger partial charge in [0, 0.05) is 0 Å². The van der Waals surface area contributed by atoms with Crippen LogP contribution in [0.5, 0.6) is 5.75 Å². The second-order valence-corrected chi connectivity index (χ2v) is 6.13. The molecule has 5 nitrogen and oxygen atoms in total. The SMILES string of the molecule is O=C1c2cc(Cl)c(Cl)cc2C(=O)N1C[C@@H](O)COc1ccccc1. The van der Waals surface area contributed by atoms with Crippen LogP contribution in [0.25, 0.3) is 0 Å². The second kappa shape index (κ2) is 6.81. The molecule has 0 spiro atoms. The van der Waals surface area contributed by atoms with E-state index < -0.39 is 17.9 Å². The van der Waals surface area contributed by atoms with Gasteiger partial charge in [0.05, 0.1) is 27.7 Å². The largest absolute Gasteiger partial charge is 0.491 e. The van der Waals surface area contributed by atoms with Gasteiger partial charge in [-0.05, 0) is 24.3 Å². The highest BCUT2D eigenvalue weighted by Gasteiger charge is 2.37. The van der Waals surface area contributed by atoms with Crippen LogP contribution in [0, 0.1) is 0 Å². The van der Waals surface area contributed by atoms with E-state index in [1.165, 1.54) is 12.1 Å². The molecule has 24 heavy (non-hydrogen) atoms. The van der Waals surface area contributed by atoms with Crippen molar-refractivity contribution in [2.45, 2.75) is 6.10 Å². The average Bonchev–Trinajstić information content (AvgIpc) is 2.79. The highest BCUT2D eigenvalue weighted by molar-refractivity contribution is 6.43. The number of benzene rings is 2. The van der Waals surface area contributed by atoms with Gasteiger partial charge in [-0.3, -0.25) is 14.5 Å². The lowest BCUT2D eigenvalue weighted by Crippen LogP contribution is -2.39. The lowest BCUT2D eigenvalue weighted by atomic mass is 10.1. The van der Waals surface area contributed by atoms with Gasteiger partial charge in [-0.2, -0.15) is 0 Å². The maximum Gasteiger partial charge on any atom is 0.261 e. The minimum atomic E-state index is -1.02. The highest BCUT2D eigenvalue weighted by Crippen LogP contribution is 2.31. The summed E-state index contributed by atoms with van der Waals surface area (Å²) in [6.07, 6.45) is -1.02. The quantitative estimate of drug-likeness (QED) is 0.827. The molecule has 1 aliphatic rings. The summed E-state index contributed by atoms with van der Waals surface area (Å²) in [5.74, 6) is -0.419. The third-order valence-electron chi connectivity index (χ3n) is 3.59. The van der Waals surface area contributed by atoms with Gasteiger partial charge >= 0.3 is 0 Å². The van der Waals surface area contributed by atoms with Crippen molar-refractivity contribution in [1.82, 2.24) is 4.90 Å². The minimum Gasteiger partial charge on any atom is -0.491 e. The molecule has 0 fully saturated rings. The van der Waals surface area contributed by atoms with Crippen LogP contribution in [0.15, 0.2) is 42.5 Å². The van der Waals surface area contributed by atoms with Crippen LogP contribution in [0.3, 0.4) is 0 Å². The Kier molecular flexibility index (Phi) is 4.76. The molecule has 1 aliphatic heterocycles. The number of nitrogens with zero attached hydrogens (tertiary/aromatic N) is 1. The third-order valence-corrected chi connectivity index (χ3v) is 4.31. The van der Waals surface area contributed by atoms with Crippen LogP contribution in [0.2, 0.25) is 10.0 Å². The van der Waals surface area contributed by atoms with Gasteiger partial charge < -0.3 is 9.84 Å². The molecule has 1 atom stereocenters. The fraction of sp³-hybridized carbons (Fsp3) is 0.176. The Hall–Kier alpha value is -2.08. The van der Waals surface area contributed by atoms with Gasteiger partial charge in [0.25, 0.3) is 11.8 Å². The van der Waals surface area contributed by atoms with Crippen LogP contribution >= 0.6 is 23.2 Å². The number of ether oxygens (including phenoxy) is 1. The summed E-state index contributed by atoms with van der Waals surface area (Å²) in [7, 11) is 0. The number of fused-ring (bicyclic) bond motifs is 1. The van der Waals surface area contributed by atoms with Crippen molar-refractivity contribution in [3.8, 4) is 5.75 Å². The number of aliphatic hydroxyl groups excluding tert-OH is 1. The first-order valence-corrected chi connectivity index (χ1v) is 7.94. The molecule has 0 radical (unpaired) electrons. The minimum absolute atomic E-state index is 0.0427. The Morgan fingerprint density at radius 1 is 1.00 bits per heavy atom. The molecule has 0 bridgehead atoms. The van der Waals surface area contributed by atoms with E-state index >= 15 is 0 Å². The Morgan fingerprint density at radius 2 is 1.54 bits per heavy atom. The van der Waals surface area contributed by atoms with Gasteiger partial charge in [-0.25, -0.2) is 0 Å². The summed E-state index contributed by atoms with van der Waals surface area (Å²) in [6, 6.07) is 11.7. The normalized spacial score (nSPS) is 14.7. The molecule has 2 aromatic carbocycles. The predicted molar refractivity (Wildman–Crippen MR) is 89.8 cm³/mol. The topological polar surface area (TPSA) is 66.8 Å². The van der Waals surface area contributed by atoms with Crippen molar-refractivity contribution in [3.63, 3.8) is 0 Å². The average molecular weight is 366 g/mol. The number of imide groups is 1. The number of hydrogen-bond acceptors (Lipinski definition) is 4. The summed E-state index contributed by atoms with van der Waals surface area (Å²) in [5.41, 5.74) is 0.371. The number of β-amino-alcohol motifs (C(OH)–C–C–N with tert-alkyl or cyclic N) is 1. The zero-order valence-electron chi connectivity index (χ0n) is 12.4. The smallest absolute Gasteiger partial charge is 0.261 e.